The molecule has 7 heteroatoms. The van der Waals surface area contributed by atoms with Gasteiger partial charge in [0.05, 0.1) is 13.2 Å². The first-order valence-corrected chi connectivity index (χ1v) is 6.80. The Morgan fingerprint density at radius 1 is 1.22 bits per heavy atom. The molecule has 0 saturated carbocycles. The van der Waals surface area contributed by atoms with Crippen LogP contribution in [0.3, 0.4) is 0 Å². The van der Waals surface area contributed by atoms with Crippen LogP contribution in [0, 0.1) is 0 Å². The number of ether oxygens (including phenoxy) is 3. The van der Waals surface area contributed by atoms with E-state index in [1.54, 1.807) is 6.92 Å². The van der Waals surface area contributed by atoms with E-state index in [0.717, 1.165) is 30.8 Å². The fourth-order valence-corrected chi connectivity index (χ4v) is 1.69. The Hall–Kier alpha value is -1.21. The number of rotatable bonds is 9. The van der Waals surface area contributed by atoms with Gasteiger partial charge in [-0.2, -0.15) is 0 Å². The molecule has 0 amide bonds. The summed E-state index contributed by atoms with van der Waals surface area (Å²) in [6.45, 7) is 5.82. The SMILES string of the molecule is CCCCOCCOc1nnc(C(=O)OCC)s1. The van der Waals surface area contributed by atoms with Crippen molar-refractivity contribution in [1.29, 1.82) is 0 Å². The topological polar surface area (TPSA) is 70.5 Å². The lowest BCUT2D eigenvalue weighted by molar-refractivity contribution is 0.0525. The summed E-state index contributed by atoms with van der Waals surface area (Å²) < 4.78 is 15.4. The first-order chi connectivity index (χ1) is 8.77. The zero-order valence-electron chi connectivity index (χ0n) is 10.7. The summed E-state index contributed by atoms with van der Waals surface area (Å²) in [4.78, 5) is 11.3. The van der Waals surface area contributed by atoms with Gasteiger partial charge in [0.25, 0.3) is 5.19 Å². The fraction of sp³-hybridized carbons (Fsp3) is 0.727. The molecule has 0 spiro atoms. The molecule has 18 heavy (non-hydrogen) atoms. The van der Waals surface area contributed by atoms with Crippen LogP contribution in [0.4, 0.5) is 0 Å². The van der Waals surface area contributed by atoms with Gasteiger partial charge in [-0.15, -0.1) is 5.10 Å². The minimum absolute atomic E-state index is 0.207. The van der Waals surface area contributed by atoms with Crippen molar-refractivity contribution in [3.05, 3.63) is 5.01 Å². The number of hydrogen-bond acceptors (Lipinski definition) is 7. The van der Waals surface area contributed by atoms with Crippen molar-refractivity contribution < 1.29 is 19.0 Å². The maximum atomic E-state index is 11.3. The highest BCUT2D eigenvalue weighted by Crippen LogP contribution is 2.18. The number of carbonyl (C=O) groups is 1. The summed E-state index contributed by atoms with van der Waals surface area (Å²) in [7, 11) is 0. The average Bonchev–Trinajstić information content (AvgIpc) is 2.83. The van der Waals surface area contributed by atoms with Gasteiger partial charge in [-0.3, -0.25) is 0 Å². The molecule has 0 aliphatic heterocycles. The van der Waals surface area contributed by atoms with Crippen LogP contribution >= 0.6 is 11.3 Å². The van der Waals surface area contributed by atoms with E-state index in [9.17, 15) is 4.79 Å². The van der Waals surface area contributed by atoms with Crippen molar-refractivity contribution >= 4 is 17.3 Å². The molecule has 0 aliphatic rings. The first-order valence-electron chi connectivity index (χ1n) is 5.99. The van der Waals surface area contributed by atoms with Crippen molar-refractivity contribution in [3.8, 4) is 5.19 Å². The normalized spacial score (nSPS) is 10.3. The van der Waals surface area contributed by atoms with Gasteiger partial charge in [0.1, 0.15) is 6.61 Å². The molecule has 102 valence electrons. The van der Waals surface area contributed by atoms with Crippen molar-refractivity contribution in [2.75, 3.05) is 26.4 Å². The first kappa shape index (κ1) is 14.8. The van der Waals surface area contributed by atoms with Crippen LogP contribution in [0.1, 0.15) is 36.5 Å². The molecule has 0 unspecified atom stereocenters. The van der Waals surface area contributed by atoms with Gasteiger partial charge in [0.2, 0.25) is 5.01 Å². The molecular formula is C11H18N2O4S. The zero-order valence-corrected chi connectivity index (χ0v) is 11.5. The number of esters is 1. The quantitative estimate of drug-likeness (QED) is 0.506. The van der Waals surface area contributed by atoms with Gasteiger partial charge in [-0.05, 0) is 24.7 Å². The van der Waals surface area contributed by atoms with Gasteiger partial charge in [0, 0.05) is 6.61 Å². The second-order valence-corrected chi connectivity index (χ2v) is 4.35. The molecule has 1 aromatic rings. The molecule has 1 aromatic heterocycles. The van der Waals surface area contributed by atoms with E-state index in [-0.39, 0.29) is 5.01 Å². The van der Waals surface area contributed by atoms with Crippen LogP contribution < -0.4 is 4.74 Å². The summed E-state index contributed by atoms with van der Waals surface area (Å²) in [6, 6.07) is 0. The molecule has 0 fully saturated rings. The maximum Gasteiger partial charge on any atom is 0.369 e. The van der Waals surface area contributed by atoms with E-state index < -0.39 is 5.97 Å². The number of aromatic nitrogens is 2. The van der Waals surface area contributed by atoms with Crippen LogP contribution in [-0.4, -0.2) is 42.6 Å². The van der Waals surface area contributed by atoms with E-state index in [0.29, 0.717) is 25.0 Å². The van der Waals surface area contributed by atoms with E-state index in [1.165, 1.54) is 0 Å². The molecule has 6 nitrogen and oxygen atoms in total. The molecule has 0 aliphatic carbocycles. The monoisotopic (exact) mass is 274 g/mol. The zero-order chi connectivity index (χ0) is 13.2. The molecule has 0 saturated heterocycles. The van der Waals surface area contributed by atoms with Gasteiger partial charge < -0.3 is 14.2 Å². The highest BCUT2D eigenvalue weighted by Gasteiger charge is 2.14. The van der Waals surface area contributed by atoms with E-state index in [1.807, 2.05) is 0 Å². The van der Waals surface area contributed by atoms with Crippen LogP contribution in [0.5, 0.6) is 5.19 Å². The second-order valence-electron chi connectivity index (χ2n) is 3.41. The molecule has 0 atom stereocenters. The Kier molecular flexibility index (Phi) is 7.28. The summed E-state index contributed by atoms with van der Waals surface area (Å²) in [5, 5.41) is 8.00. The minimum Gasteiger partial charge on any atom is -0.466 e. The van der Waals surface area contributed by atoms with Crippen LogP contribution in [-0.2, 0) is 9.47 Å². The standard InChI is InChI=1S/C11H18N2O4S/c1-3-5-6-15-7-8-17-11-13-12-9(18-11)10(14)16-4-2/h3-8H2,1-2H3. The van der Waals surface area contributed by atoms with E-state index in [4.69, 9.17) is 14.2 Å². The fourth-order valence-electron chi connectivity index (χ4n) is 1.08. The van der Waals surface area contributed by atoms with Gasteiger partial charge in [-0.1, -0.05) is 18.4 Å². The molecule has 0 aromatic carbocycles. The summed E-state index contributed by atoms with van der Waals surface area (Å²) in [5.41, 5.74) is 0. The third-order valence-electron chi connectivity index (χ3n) is 1.95. The van der Waals surface area contributed by atoms with Crippen LogP contribution in [0.2, 0.25) is 0 Å². The molecule has 0 bridgehead atoms. The van der Waals surface area contributed by atoms with Crippen LogP contribution in [0.15, 0.2) is 0 Å². The third-order valence-corrected chi connectivity index (χ3v) is 2.77. The molecule has 0 N–H and O–H groups in total. The van der Waals surface area contributed by atoms with Crippen molar-refractivity contribution in [3.63, 3.8) is 0 Å². The van der Waals surface area contributed by atoms with Crippen molar-refractivity contribution in [2.24, 2.45) is 0 Å². The predicted molar refractivity (Wildman–Crippen MR) is 67.1 cm³/mol. The van der Waals surface area contributed by atoms with E-state index >= 15 is 0 Å². The lowest BCUT2D eigenvalue weighted by atomic mass is 10.4. The third kappa shape index (κ3) is 5.42. The molecule has 0 radical (unpaired) electrons. The molecule has 1 rings (SSSR count). The van der Waals surface area contributed by atoms with Gasteiger partial charge in [-0.25, -0.2) is 4.79 Å². The summed E-state index contributed by atoms with van der Waals surface area (Å²) in [6.07, 6.45) is 2.16. The Morgan fingerprint density at radius 3 is 2.78 bits per heavy atom. The largest absolute Gasteiger partial charge is 0.466 e. The second kappa shape index (κ2) is 8.82. The summed E-state index contributed by atoms with van der Waals surface area (Å²) in [5.74, 6) is -0.468. The molecule has 1 heterocycles. The number of nitrogens with zero attached hydrogens (tertiary/aromatic N) is 2. The highest BCUT2D eigenvalue weighted by atomic mass is 32.1. The Balaban J connectivity index is 2.21. The van der Waals surface area contributed by atoms with Crippen LogP contribution in [0.25, 0.3) is 0 Å². The number of hydrogen-bond donors (Lipinski definition) is 0. The molecular weight excluding hydrogens is 256 g/mol. The number of carbonyl (C=O) groups excluding carboxylic acids is 1. The lowest BCUT2D eigenvalue weighted by Gasteiger charge is -2.02. The van der Waals surface area contributed by atoms with Gasteiger partial charge >= 0.3 is 5.97 Å². The predicted octanol–water partition coefficient (Wildman–Crippen LogP) is 1.91. The highest BCUT2D eigenvalue weighted by molar-refractivity contribution is 7.14. The Morgan fingerprint density at radius 2 is 2.06 bits per heavy atom. The minimum atomic E-state index is -0.468. The smallest absolute Gasteiger partial charge is 0.369 e. The lowest BCUT2D eigenvalue weighted by Crippen LogP contribution is -2.07. The Labute approximate surface area is 110 Å². The summed E-state index contributed by atoms with van der Waals surface area (Å²) >= 11 is 1.07. The van der Waals surface area contributed by atoms with Crippen molar-refractivity contribution in [1.82, 2.24) is 10.2 Å². The number of unbranched alkanes of at least 4 members (excludes halogenated alkanes) is 1. The Bertz CT molecular complexity index is 357. The average molecular weight is 274 g/mol. The van der Waals surface area contributed by atoms with E-state index in [2.05, 4.69) is 17.1 Å². The van der Waals surface area contributed by atoms with Crippen molar-refractivity contribution in [2.45, 2.75) is 26.7 Å². The maximum absolute atomic E-state index is 11.3. The van der Waals surface area contributed by atoms with Gasteiger partial charge in [0.15, 0.2) is 0 Å².